The predicted molar refractivity (Wildman–Crippen MR) is 81.1 cm³/mol. The topological polar surface area (TPSA) is 21.7 Å². The van der Waals surface area contributed by atoms with E-state index < -0.39 is 0 Å². The van der Waals surface area contributed by atoms with Gasteiger partial charge in [-0.05, 0) is 36.8 Å². The summed E-state index contributed by atoms with van der Waals surface area (Å²) in [4.78, 5) is 2.26. The third-order valence-electron chi connectivity index (χ3n) is 4.09. The number of hydrogen-bond acceptors (Lipinski definition) is 3. The molecule has 3 heteroatoms. The molecule has 0 atom stereocenters. The average molecular weight is 275 g/mol. The summed E-state index contributed by atoms with van der Waals surface area (Å²) >= 11 is 0. The molecule has 5 rings (SSSR count). The molecule has 0 saturated heterocycles. The van der Waals surface area contributed by atoms with E-state index in [1.807, 2.05) is 36.4 Å². The minimum Gasteiger partial charge on any atom is -0.457 e. The van der Waals surface area contributed by atoms with Crippen molar-refractivity contribution in [2.75, 3.05) is 4.90 Å². The number of anilines is 2. The van der Waals surface area contributed by atoms with E-state index in [2.05, 4.69) is 23.1 Å². The van der Waals surface area contributed by atoms with Crippen LogP contribution in [0, 0.1) is 0 Å². The lowest BCUT2D eigenvalue weighted by Crippen LogP contribution is -2.27. The monoisotopic (exact) mass is 275 g/mol. The van der Waals surface area contributed by atoms with E-state index in [-0.39, 0.29) is 0 Å². The average Bonchev–Trinajstić information content (AvgIpc) is 2.54. The quantitative estimate of drug-likeness (QED) is 0.683. The van der Waals surface area contributed by atoms with Crippen LogP contribution in [-0.2, 0) is 0 Å². The van der Waals surface area contributed by atoms with Gasteiger partial charge < -0.3 is 9.47 Å². The lowest BCUT2D eigenvalue weighted by Gasteiger charge is -2.39. The zero-order valence-electron chi connectivity index (χ0n) is 11.4. The Morgan fingerprint density at radius 1 is 0.857 bits per heavy atom. The first-order chi connectivity index (χ1) is 10.4. The minimum absolute atomic E-state index is 0.844. The van der Waals surface area contributed by atoms with Gasteiger partial charge in [-0.25, -0.2) is 0 Å². The van der Waals surface area contributed by atoms with Crippen molar-refractivity contribution in [1.82, 2.24) is 0 Å². The molecule has 0 aromatic heterocycles. The number of fused-ring (bicyclic) bond motifs is 3. The lowest BCUT2D eigenvalue weighted by molar-refractivity contribution is 0.380. The maximum atomic E-state index is 6.10. The molecule has 3 nitrogen and oxygen atoms in total. The van der Waals surface area contributed by atoms with E-state index in [1.165, 1.54) is 0 Å². The van der Waals surface area contributed by atoms with Gasteiger partial charge >= 0.3 is 0 Å². The normalized spacial score (nSPS) is 17.4. The largest absolute Gasteiger partial charge is 0.457 e. The van der Waals surface area contributed by atoms with Gasteiger partial charge in [0.05, 0.1) is 11.4 Å². The highest BCUT2D eigenvalue weighted by atomic mass is 16.5. The highest BCUT2D eigenvalue weighted by Crippen LogP contribution is 2.55. The van der Waals surface area contributed by atoms with Gasteiger partial charge in [-0.1, -0.05) is 24.3 Å². The fourth-order valence-corrected chi connectivity index (χ4v) is 3.17. The van der Waals surface area contributed by atoms with Gasteiger partial charge in [-0.2, -0.15) is 0 Å². The molecule has 0 spiro atoms. The van der Waals surface area contributed by atoms with Crippen LogP contribution in [0.15, 0.2) is 66.1 Å². The smallest absolute Gasteiger partial charge is 0.155 e. The first-order valence-electron chi connectivity index (χ1n) is 7.19. The Morgan fingerprint density at radius 3 is 2.62 bits per heavy atom. The SMILES string of the molecule is C1=CC2=C(CC1)Oc1cccc3c1N2c1ccccc1O3. The summed E-state index contributed by atoms with van der Waals surface area (Å²) < 4.78 is 12.1. The third-order valence-corrected chi connectivity index (χ3v) is 4.09. The maximum absolute atomic E-state index is 6.10. The number of ether oxygens (including phenoxy) is 2. The standard InChI is InChI=1S/C18H13NO2/c1-3-8-14-12(6-1)19-13-7-2-4-9-15(13)21-17-11-5-10-16(20-14)18(17)19/h1-3,5-8,10-11H,4,9H2. The van der Waals surface area contributed by atoms with Crippen LogP contribution in [0.1, 0.15) is 12.8 Å². The first kappa shape index (κ1) is 11.0. The number of benzene rings is 2. The van der Waals surface area contributed by atoms with Crippen LogP contribution < -0.4 is 14.4 Å². The van der Waals surface area contributed by atoms with Gasteiger partial charge in [0.25, 0.3) is 0 Å². The Labute approximate surface area is 122 Å². The molecule has 3 aliphatic rings. The van der Waals surface area contributed by atoms with Crippen molar-refractivity contribution >= 4 is 11.4 Å². The second-order valence-electron chi connectivity index (χ2n) is 5.36. The minimum atomic E-state index is 0.844. The van der Waals surface area contributed by atoms with E-state index in [0.29, 0.717) is 0 Å². The first-order valence-corrected chi connectivity index (χ1v) is 7.19. The lowest BCUT2D eigenvalue weighted by atomic mass is 10.0. The highest BCUT2D eigenvalue weighted by Gasteiger charge is 2.35. The van der Waals surface area contributed by atoms with Crippen LogP contribution >= 0.6 is 0 Å². The van der Waals surface area contributed by atoms with E-state index in [9.17, 15) is 0 Å². The molecule has 2 heterocycles. The van der Waals surface area contributed by atoms with E-state index in [4.69, 9.17) is 9.47 Å². The maximum Gasteiger partial charge on any atom is 0.155 e. The molecular weight excluding hydrogens is 262 g/mol. The third kappa shape index (κ3) is 1.43. The summed E-state index contributed by atoms with van der Waals surface area (Å²) in [7, 11) is 0. The van der Waals surface area contributed by atoms with Crippen molar-refractivity contribution in [2.24, 2.45) is 0 Å². The van der Waals surface area contributed by atoms with Crippen molar-refractivity contribution < 1.29 is 9.47 Å². The predicted octanol–water partition coefficient (Wildman–Crippen LogP) is 4.88. The Bertz CT molecular complexity index is 820. The summed E-state index contributed by atoms with van der Waals surface area (Å²) in [6, 6.07) is 14.1. The van der Waals surface area contributed by atoms with Gasteiger partial charge in [-0.15, -0.1) is 0 Å². The van der Waals surface area contributed by atoms with Gasteiger partial charge in [0, 0.05) is 6.42 Å². The Morgan fingerprint density at radius 2 is 1.67 bits per heavy atom. The summed E-state index contributed by atoms with van der Waals surface area (Å²) in [6.45, 7) is 0. The Kier molecular flexibility index (Phi) is 2.06. The van der Waals surface area contributed by atoms with Crippen LogP contribution in [-0.4, -0.2) is 0 Å². The zero-order valence-corrected chi connectivity index (χ0v) is 11.4. The summed E-state index contributed by atoms with van der Waals surface area (Å²) in [5.41, 5.74) is 3.19. The second-order valence-corrected chi connectivity index (χ2v) is 5.36. The summed E-state index contributed by atoms with van der Waals surface area (Å²) in [6.07, 6.45) is 6.32. The molecule has 0 unspecified atom stereocenters. The van der Waals surface area contributed by atoms with Crippen LogP contribution in [0.25, 0.3) is 0 Å². The van der Waals surface area contributed by atoms with Crippen LogP contribution in [0.3, 0.4) is 0 Å². The van der Waals surface area contributed by atoms with Gasteiger partial charge in [0.1, 0.15) is 11.4 Å². The summed E-state index contributed by atoms with van der Waals surface area (Å²) in [5.74, 6) is 3.64. The van der Waals surface area contributed by atoms with Gasteiger partial charge in [-0.3, -0.25) is 4.90 Å². The Balaban J connectivity index is 1.83. The number of nitrogens with zero attached hydrogens (tertiary/aromatic N) is 1. The molecule has 2 aromatic rings. The number of para-hydroxylation sites is 3. The van der Waals surface area contributed by atoms with Crippen molar-refractivity contribution in [3.63, 3.8) is 0 Å². The molecule has 102 valence electrons. The molecule has 0 bridgehead atoms. The fourth-order valence-electron chi connectivity index (χ4n) is 3.17. The van der Waals surface area contributed by atoms with E-state index in [1.54, 1.807) is 0 Å². The van der Waals surface area contributed by atoms with Crippen molar-refractivity contribution in [3.8, 4) is 17.2 Å². The molecule has 0 saturated carbocycles. The van der Waals surface area contributed by atoms with Crippen LogP contribution in [0.4, 0.5) is 11.4 Å². The number of allylic oxidation sites excluding steroid dienone is 3. The van der Waals surface area contributed by atoms with Crippen LogP contribution in [0.2, 0.25) is 0 Å². The molecule has 0 radical (unpaired) electrons. The van der Waals surface area contributed by atoms with Crippen LogP contribution in [0.5, 0.6) is 17.2 Å². The van der Waals surface area contributed by atoms with E-state index in [0.717, 1.165) is 52.9 Å². The zero-order chi connectivity index (χ0) is 13.8. The fraction of sp³-hybridized carbons (Fsp3) is 0.111. The van der Waals surface area contributed by atoms with Crippen molar-refractivity contribution in [2.45, 2.75) is 12.8 Å². The highest BCUT2D eigenvalue weighted by molar-refractivity contribution is 5.87. The molecule has 21 heavy (non-hydrogen) atoms. The van der Waals surface area contributed by atoms with Crippen molar-refractivity contribution in [1.29, 1.82) is 0 Å². The second kappa shape index (κ2) is 3.92. The number of rotatable bonds is 0. The van der Waals surface area contributed by atoms with Gasteiger partial charge in [0.15, 0.2) is 17.2 Å². The van der Waals surface area contributed by atoms with E-state index >= 15 is 0 Å². The molecule has 0 N–H and O–H groups in total. The molecule has 2 aliphatic heterocycles. The van der Waals surface area contributed by atoms with Gasteiger partial charge in [0.2, 0.25) is 0 Å². The molecule has 2 aromatic carbocycles. The molecule has 0 fully saturated rings. The molecular formula is C18H13NO2. The molecule has 1 aliphatic carbocycles. The Hall–Kier alpha value is -2.68. The molecule has 0 amide bonds. The van der Waals surface area contributed by atoms with Crippen molar-refractivity contribution in [3.05, 3.63) is 66.1 Å². The summed E-state index contributed by atoms with van der Waals surface area (Å²) in [5, 5.41) is 0. The number of hydrogen-bond donors (Lipinski definition) is 0.